The number of rotatable bonds is 4. The SMILES string of the molecule is CNC(Cc1nc2ccccc2o1)C1CCCO1. The largest absolute Gasteiger partial charge is 0.441 e. The summed E-state index contributed by atoms with van der Waals surface area (Å²) in [5.41, 5.74) is 1.78. The number of hydrogen-bond acceptors (Lipinski definition) is 4. The highest BCUT2D eigenvalue weighted by Gasteiger charge is 2.26. The third-order valence-corrected chi connectivity index (χ3v) is 3.52. The third kappa shape index (κ3) is 2.26. The molecule has 2 heterocycles. The van der Waals surface area contributed by atoms with Crippen molar-refractivity contribution in [3.63, 3.8) is 0 Å². The molecular formula is C14H18N2O2. The van der Waals surface area contributed by atoms with Crippen molar-refractivity contribution in [3.8, 4) is 0 Å². The molecule has 18 heavy (non-hydrogen) atoms. The highest BCUT2D eigenvalue weighted by atomic mass is 16.5. The van der Waals surface area contributed by atoms with E-state index in [0.29, 0.717) is 0 Å². The lowest BCUT2D eigenvalue weighted by molar-refractivity contribution is 0.0789. The van der Waals surface area contributed by atoms with E-state index in [-0.39, 0.29) is 12.1 Å². The molecule has 3 rings (SSSR count). The van der Waals surface area contributed by atoms with Crippen molar-refractivity contribution < 1.29 is 9.15 Å². The Morgan fingerprint density at radius 2 is 2.33 bits per heavy atom. The number of likely N-dealkylation sites (N-methyl/N-ethyl adjacent to an activating group) is 1. The number of benzene rings is 1. The van der Waals surface area contributed by atoms with Crippen LogP contribution in [0.4, 0.5) is 0 Å². The normalized spacial score (nSPS) is 21.5. The second kappa shape index (κ2) is 5.08. The molecule has 0 spiro atoms. The molecule has 2 unspecified atom stereocenters. The first kappa shape index (κ1) is 11.7. The molecule has 1 saturated heterocycles. The average molecular weight is 246 g/mol. The van der Waals surface area contributed by atoms with Gasteiger partial charge in [0.25, 0.3) is 0 Å². The van der Waals surface area contributed by atoms with E-state index in [4.69, 9.17) is 9.15 Å². The number of nitrogens with one attached hydrogen (secondary N) is 1. The summed E-state index contributed by atoms with van der Waals surface area (Å²) in [6.07, 6.45) is 3.32. The fraction of sp³-hybridized carbons (Fsp3) is 0.500. The van der Waals surface area contributed by atoms with Crippen LogP contribution >= 0.6 is 0 Å². The van der Waals surface area contributed by atoms with Crippen LogP contribution in [0, 0.1) is 0 Å². The molecule has 2 atom stereocenters. The summed E-state index contributed by atoms with van der Waals surface area (Å²) < 4.78 is 11.5. The van der Waals surface area contributed by atoms with Crippen LogP contribution < -0.4 is 5.32 Å². The molecule has 1 aromatic carbocycles. The van der Waals surface area contributed by atoms with Crippen LogP contribution in [0.25, 0.3) is 11.1 Å². The van der Waals surface area contributed by atoms with Crippen molar-refractivity contribution in [2.24, 2.45) is 0 Å². The summed E-state index contributed by atoms with van der Waals surface area (Å²) in [5.74, 6) is 0.783. The summed E-state index contributed by atoms with van der Waals surface area (Å²) in [6, 6.07) is 8.15. The first-order chi connectivity index (χ1) is 8.86. The number of fused-ring (bicyclic) bond motifs is 1. The summed E-state index contributed by atoms with van der Waals surface area (Å²) in [6.45, 7) is 0.871. The summed E-state index contributed by atoms with van der Waals surface area (Å²) in [4.78, 5) is 4.51. The highest BCUT2D eigenvalue weighted by Crippen LogP contribution is 2.20. The Labute approximate surface area is 106 Å². The fourth-order valence-electron chi connectivity index (χ4n) is 2.53. The van der Waals surface area contributed by atoms with Gasteiger partial charge in [-0.2, -0.15) is 0 Å². The van der Waals surface area contributed by atoms with Crippen molar-refractivity contribution in [3.05, 3.63) is 30.2 Å². The van der Waals surface area contributed by atoms with E-state index in [1.165, 1.54) is 0 Å². The lowest BCUT2D eigenvalue weighted by Gasteiger charge is -2.20. The van der Waals surface area contributed by atoms with Gasteiger partial charge >= 0.3 is 0 Å². The molecular weight excluding hydrogens is 228 g/mol. The Balaban J connectivity index is 1.77. The van der Waals surface area contributed by atoms with E-state index < -0.39 is 0 Å². The summed E-state index contributed by atoms with van der Waals surface area (Å²) in [5, 5.41) is 3.31. The van der Waals surface area contributed by atoms with Gasteiger partial charge in [-0.05, 0) is 32.0 Å². The zero-order valence-corrected chi connectivity index (χ0v) is 10.6. The van der Waals surface area contributed by atoms with E-state index in [1.807, 2.05) is 31.3 Å². The van der Waals surface area contributed by atoms with Gasteiger partial charge in [0, 0.05) is 19.1 Å². The van der Waals surface area contributed by atoms with E-state index >= 15 is 0 Å². The van der Waals surface area contributed by atoms with Crippen molar-refractivity contribution in [1.82, 2.24) is 10.3 Å². The van der Waals surface area contributed by atoms with Crippen molar-refractivity contribution in [2.45, 2.75) is 31.4 Å². The van der Waals surface area contributed by atoms with Gasteiger partial charge in [-0.25, -0.2) is 4.98 Å². The maximum atomic E-state index is 5.75. The molecule has 2 aromatic rings. The molecule has 0 saturated carbocycles. The zero-order chi connectivity index (χ0) is 12.4. The molecule has 0 bridgehead atoms. The number of nitrogens with zero attached hydrogens (tertiary/aromatic N) is 1. The van der Waals surface area contributed by atoms with Crippen LogP contribution in [0.1, 0.15) is 18.7 Å². The Kier molecular flexibility index (Phi) is 3.30. The molecule has 1 aliphatic heterocycles. The van der Waals surface area contributed by atoms with Crippen LogP contribution in [0.15, 0.2) is 28.7 Å². The second-order valence-corrected chi connectivity index (χ2v) is 4.73. The second-order valence-electron chi connectivity index (χ2n) is 4.73. The summed E-state index contributed by atoms with van der Waals surface area (Å²) in [7, 11) is 1.97. The van der Waals surface area contributed by atoms with Crippen LogP contribution in [0.5, 0.6) is 0 Å². The number of para-hydroxylation sites is 2. The average Bonchev–Trinajstić information content (AvgIpc) is 3.04. The molecule has 0 amide bonds. The van der Waals surface area contributed by atoms with Crippen molar-refractivity contribution in [1.29, 1.82) is 0 Å². The molecule has 96 valence electrons. The quantitative estimate of drug-likeness (QED) is 0.897. The van der Waals surface area contributed by atoms with Gasteiger partial charge in [0.15, 0.2) is 11.5 Å². The van der Waals surface area contributed by atoms with Gasteiger partial charge in [-0.1, -0.05) is 12.1 Å². The molecule has 0 radical (unpaired) electrons. The molecule has 0 aliphatic carbocycles. The van der Waals surface area contributed by atoms with Gasteiger partial charge in [-0.3, -0.25) is 0 Å². The van der Waals surface area contributed by atoms with Gasteiger partial charge in [0.1, 0.15) is 5.52 Å². The van der Waals surface area contributed by atoms with E-state index in [1.54, 1.807) is 0 Å². The van der Waals surface area contributed by atoms with Crippen LogP contribution in [-0.4, -0.2) is 30.8 Å². The number of oxazole rings is 1. The van der Waals surface area contributed by atoms with Crippen molar-refractivity contribution in [2.75, 3.05) is 13.7 Å². The monoisotopic (exact) mass is 246 g/mol. The fourth-order valence-corrected chi connectivity index (χ4v) is 2.53. The minimum absolute atomic E-state index is 0.278. The number of hydrogen-bond donors (Lipinski definition) is 1. The molecule has 1 fully saturated rings. The third-order valence-electron chi connectivity index (χ3n) is 3.52. The first-order valence-corrected chi connectivity index (χ1v) is 6.50. The Bertz CT molecular complexity index is 484. The summed E-state index contributed by atoms with van der Waals surface area (Å²) >= 11 is 0. The number of ether oxygens (including phenoxy) is 1. The molecule has 1 aliphatic rings. The molecule has 4 nitrogen and oxygen atoms in total. The Morgan fingerprint density at radius 3 is 3.06 bits per heavy atom. The first-order valence-electron chi connectivity index (χ1n) is 6.50. The topological polar surface area (TPSA) is 47.3 Å². The predicted molar refractivity (Wildman–Crippen MR) is 69.5 cm³/mol. The smallest absolute Gasteiger partial charge is 0.197 e. The molecule has 1 aromatic heterocycles. The molecule has 4 heteroatoms. The van der Waals surface area contributed by atoms with E-state index in [9.17, 15) is 0 Å². The number of aromatic nitrogens is 1. The van der Waals surface area contributed by atoms with Gasteiger partial charge < -0.3 is 14.5 Å². The highest BCUT2D eigenvalue weighted by molar-refractivity contribution is 5.72. The Morgan fingerprint density at radius 1 is 1.44 bits per heavy atom. The zero-order valence-electron chi connectivity index (χ0n) is 10.6. The van der Waals surface area contributed by atoms with Crippen LogP contribution in [0.3, 0.4) is 0 Å². The lowest BCUT2D eigenvalue weighted by atomic mass is 10.1. The maximum absolute atomic E-state index is 5.75. The van der Waals surface area contributed by atoms with Gasteiger partial charge in [0.05, 0.1) is 6.10 Å². The standard InChI is InChI=1S/C14H18N2O2/c1-15-11(12-7-4-8-17-12)9-14-16-10-5-2-3-6-13(10)18-14/h2-3,5-6,11-12,15H,4,7-9H2,1H3. The van der Waals surface area contributed by atoms with Gasteiger partial charge in [0.2, 0.25) is 0 Å². The predicted octanol–water partition coefficient (Wildman–Crippen LogP) is 2.14. The van der Waals surface area contributed by atoms with Crippen LogP contribution in [-0.2, 0) is 11.2 Å². The molecule has 1 N–H and O–H groups in total. The van der Waals surface area contributed by atoms with E-state index in [2.05, 4.69) is 10.3 Å². The van der Waals surface area contributed by atoms with E-state index in [0.717, 1.165) is 42.9 Å². The lowest BCUT2D eigenvalue weighted by Crippen LogP contribution is -2.39. The minimum atomic E-state index is 0.278. The minimum Gasteiger partial charge on any atom is -0.441 e. The maximum Gasteiger partial charge on any atom is 0.197 e. The van der Waals surface area contributed by atoms with Gasteiger partial charge in [-0.15, -0.1) is 0 Å². The van der Waals surface area contributed by atoms with Crippen molar-refractivity contribution >= 4 is 11.1 Å². The Hall–Kier alpha value is -1.39. The van der Waals surface area contributed by atoms with Crippen LogP contribution in [0.2, 0.25) is 0 Å².